The van der Waals surface area contributed by atoms with Gasteiger partial charge in [-0.3, -0.25) is 0 Å². The van der Waals surface area contributed by atoms with Gasteiger partial charge in [0.15, 0.2) is 0 Å². The van der Waals surface area contributed by atoms with Gasteiger partial charge in [-0.1, -0.05) is 25.5 Å². The Labute approximate surface area is 84.6 Å². The number of aromatic carboxylic acids is 1. The minimum absolute atomic E-state index is 0.267. The Morgan fingerprint density at radius 2 is 2.00 bits per heavy atom. The quantitative estimate of drug-likeness (QED) is 0.742. The van der Waals surface area contributed by atoms with Gasteiger partial charge in [-0.2, -0.15) is 0 Å². The Kier molecular flexibility index (Phi) is 3.57. The van der Waals surface area contributed by atoms with E-state index in [9.17, 15) is 4.79 Å². The predicted octanol–water partition coefficient (Wildman–Crippen LogP) is 3.10. The maximum atomic E-state index is 10.6. The van der Waals surface area contributed by atoms with Crippen molar-refractivity contribution in [3.8, 4) is 0 Å². The highest BCUT2D eigenvalue weighted by atomic mass is 16.4. The van der Waals surface area contributed by atoms with E-state index in [1.165, 1.54) is 0 Å². The van der Waals surface area contributed by atoms with Crippen molar-refractivity contribution in [2.45, 2.75) is 25.7 Å². The molecule has 0 radical (unpaired) electrons. The fourth-order valence-electron chi connectivity index (χ4n) is 1.41. The SMILES string of the molecule is [CH2+]C(CCC)c1ccc(C(=O)O)cc1. The lowest BCUT2D eigenvalue weighted by Gasteiger charge is -2.04. The van der Waals surface area contributed by atoms with Gasteiger partial charge in [0.1, 0.15) is 5.92 Å². The first-order valence-electron chi connectivity index (χ1n) is 4.81. The summed E-state index contributed by atoms with van der Waals surface area (Å²) >= 11 is 0. The summed E-state index contributed by atoms with van der Waals surface area (Å²) in [4.78, 5) is 10.6. The summed E-state index contributed by atoms with van der Waals surface area (Å²) in [7, 11) is 0. The second kappa shape index (κ2) is 4.70. The Morgan fingerprint density at radius 1 is 1.43 bits per heavy atom. The van der Waals surface area contributed by atoms with E-state index in [-0.39, 0.29) is 5.92 Å². The van der Waals surface area contributed by atoms with Crippen molar-refractivity contribution in [1.82, 2.24) is 0 Å². The first-order valence-corrected chi connectivity index (χ1v) is 4.81. The molecule has 0 aliphatic rings. The Morgan fingerprint density at radius 3 is 2.43 bits per heavy atom. The highest BCUT2D eigenvalue weighted by molar-refractivity contribution is 5.87. The summed E-state index contributed by atoms with van der Waals surface area (Å²) in [6.07, 6.45) is 2.13. The van der Waals surface area contributed by atoms with Gasteiger partial charge in [0.2, 0.25) is 0 Å². The zero-order valence-corrected chi connectivity index (χ0v) is 8.36. The summed E-state index contributed by atoms with van der Waals surface area (Å²) in [5.74, 6) is -0.615. The zero-order valence-electron chi connectivity index (χ0n) is 8.36. The molecule has 1 atom stereocenters. The first kappa shape index (κ1) is 10.6. The Bertz CT molecular complexity index is 301. The molecular weight excluding hydrogens is 176 g/mol. The van der Waals surface area contributed by atoms with E-state index in [1.807, 2.05) is 12.1 Å². The summed E-state index contributed by atoms with van der Waals surface area (Å²) < 4.78 is 0. The van der Waals surface area contributed by atoms with Crippen molar-refractivity contribution in [2.75, 3.05) is 0 Å². The molecule has 0 aliphatic heterocycles. The molecule has 0 saturated carbocycles. The number of benzene rings is 1. The van der Waals surface area contributed by atoms with Gasteiger partial charge >= 0.3 is 5.97 Å². The number of carboxylic acids is 1. The number of hydrogen-bond donors (Lipinski definition) is 1. The lowest BCUT2D eigenvalue weighted by molar-refractivity contribution is 0.0697. The van der Waals surface area contributed by atoms with Crippen LogP contribution in [0.15, 0.2) is 24.3 Å². The average Bonchev–Trinajstić information content (AvgIpc) is 2.18. The van der Waals surface area contributed by atoms with E-state index in [0.717, 1.165) is 18.4 Å². The Balaban J connectivity index is 2.77. The van der Waals surface area contributed by atoms with E-state index < -0.39 is 5.97 Å². The number of rotatable bonds is 4. The van der Waals surface area contributed by atoms with Gasteiger partial charge in [-0.15, -0.1) is 0 Å². The van der Waals surface area contributed by atoms with Crippen LogP contribution in [-0.2, 0) is 0 Å². The lowest BCUT2D eigenvalue weighted by atomic mass is 9.96. The molecule has 0 aromatic heterocycles. The van der Waals surface area contributed by atoms with Crippen LogP contribution in [0.1, 0.15) is 41.6 Å². The molecule has 2 heteroatoms. The molecule has 1 unspecified atom stereocenters. The third-order valence-electron chi connectivity index (χ3n) is 2.27. The minimum Gasteiger partial charge on any atom is -0.478 e. The van der Waals surface area contributed by atoms with Crippen LogP contribution in [0, 0.1) is 6.92 Å². The van der Waals surface area contributed by atoms with Crippen LogP contribution in [0.5, 0.6) is 0 Å². The van der Waals surface area contributed by atoms with Gasteiger partial charge in [-0.05, 0) is 24.1 Å². The van der Waals surface area contributed by atoms with Crippen molar-refractivity contribution in [1.29, 1.82) is 0 Å². The van der Waals surface area contributed by atoms with Gasteiger partial charge in [0.05, 0.1) is 12.5 Å². The molecule has 1 aromatic rings. The standard InChI is InChI=1S/C12H14O2/c1-3-4-9(2)10-5-7-11(8-6-10)12(13)14/h5-9H,2-4H2,1H3/p+1. The molecule has 74 valence electrons. The van der Waals surface area contributed by atoms with Gasteiger partial charge in [0, 0.05) is 0 Å². The lowest BCUT2D eigenvalue weighted by Crippen LogP contribution is -1.98. The minimum atomic E-state index is -0.882. The number of carboxylic acid groups (broad SMARTS) is 1. The molecule has 1 N–H and O–H groups in total. The van der Waals surface area contributed by atoms with Crippen LogP contribution in [0.4, 0.5) is 0 Å². The monoisotopic (exact) mass is 191 g/mol. The molecular formula is C12H15O2+. The first-order chi connectivity index (χ1) is 6.65. The molecule has 0 spiro atoms. The molecule has 0 saturated heterocycles. The van der Waals surface area contributed by atoms with Crippen LogP contribution in [0.3, 0.4) is 0 Å². The van der Waals surface area contributed by atoms with Gasteiger partial charge in [0.25, 0.3) is 0 Å². The predicted molar refractivity (Wildman–Crippen MR) is 56.4 cm³/mol. The van der Waals surface area contributed by atoms with Crippen molar-refractivity contribution < 1.29 is 9.90 Å². The summed E-state index contributed by atoms with van der Waals surface area (Å²) in [6.45, 7) is 6.14. The largest absolute Gasteiger partial charge is 0.478 e. The second-order valence-electron chi connectivity index (χ2n) is 3.41. The van der Waals surface area contributed by atoms with Crippen LogP contribution in [0.25, 0.3) is 0 Å². The number of hydrogen-bond acceptors (Lipinski definition) is 1. The zero-order chi connectivity index (χ0) is 10.6. The average molecular weight is 191 g/mol. The van der Waals surface area contributed by atoms with Crippen LogP contribution in [0.2, 0.25) is 0 Å². The van der Waals surface area contributed by atoms with Crippen molar-refractivity contribution in [2.24, 2.45) is 0 Å². The molecule has 0 bridgehead atoms. The highest BCUT2D eigenvalue weighted by Gasteiger charge is 2.11. The van der Waals surface area contributed by atoms with E-state index in [0.29, 0.717) is 5.56 Å². The highest BCUT2D eigenvalue weighted by Crippen LogP contribution is 2.20. The van der Waals surface area contributed by atoms with E-state index in [4.69, 9.17) is 5.11 Å². The van der Waals surface area contributed by atoms with Crippen LogP contribution >= 0.6 is 0 Å². The third kappa shape index (κ3) is 2.52. The van der Waals surface area contributed by atoms with Crippen molar-refractivity contribution >= 4 is 5.97 Å². The topological polar surface area (TPSA) is 37.3 Å². The van der Waals surface area contributed by atoms with E-state index >= 15 is 0 Å². The fourth-order valence-corrected chi connectivity index (χ4v) is 1.41. The molecule has 1 aromatic carbocycles. The van der Waals surface area contributed by atoms with Crippen molar-refractivity contribution in [3.63, 3.8) is 0 Å². The van der Waals surface area contributed by atoms with Crippen LogP contribution < -0.4 is 0 Å². The molecule has 0 amide bonds. The third-order valence-corrected chi connectivity index (χ3v) is 2.27. The molecule has 14 heavy (non-hydrogen) atoms. The molecule has 1 rings (SSSR count). The molecule has 0 fully saturated rings. The maximum absolute atomic E-state index is 10.6. The van der Waals surface area contributed by atoms with E-state index in [2.05, 4.69) is 13.8 Å². The van der Waals surface area contributed by atoms with Gasteiger partial charge < -0.3 is 5.11 Å². The summed E-state index contributed by atoms with van der Waals surface area (Å²) in [5, 5.41) is 8.70. The molecule has 0 heterocycles. The van der Waals surface area contributed by atoms with Crippen molar-refractivity contribution in [3.05, 3.63) is 42.3 Å². The Hall–Kier alpha value is -1.44. The van der Waals surface area contributed by atoms with Gasteiger partial charge in [-0.25, -0.2) is 4.79 Å². The fraction of sp³-hybridized carbons (Fsp3) is 0.333. The normalized spacial score (nSPS) is 12.4. The maximum Gasteiger partial charge on any atom is 0.335 e. The van der Waals surface area contributed by atoms with E-state index in [1.54, 1.807) is 12.1 Å². The van der Waals surface area contributed by atoms with Crippen LogP contribution in [-0.4, -0.2) is 11.1 Å². The summed E-state index contributed by atoms with van der Waals surface area (Å²) in [5.41, 5.74) is 1.44. The molecule has 2 nitrogen and oxygen atoms in total. The second-order valence-corrected chi connectivity index (χ2v) is 3.41. The number of carbonyl (C=O) groups is 1. The summed E-state index contributed by atoms with van der Waals surface area (Å²) in [6, 6.07) is 6.95. The smallest absolute Gasteiger partial charge is 0.335 e. The molecule has 0 aliphatic carbocycles.